The van der Waals surface area contributed by atoms with Crippen molar-refractivity contribution in [1.29, 1.82) is 0 Å². The molecule has 0 spiro atoms. The highest BCUT2D eigenvalue weighted by atomic mass is 32.2. The van der Waals surface area contributed by atoms with Gasteiger partial charge in [-0.05, 0) is 102 Å². The fraction of sp³-hybridized carbons (Fsp3) is 0.615. The maximum absolute atomic E-state index is 15.0. The van der Waals surface area contributed by atoms with Gasteiger partial charge < -0.3 is 29.7 Å². The molecule has 2 aliphatic heterocycles. The van der Waals surface area contributed by atoms with Crippen molar-refractivity contribution in [2.45, 2.75) is 121 Å². The van der Waals surface area contributed by atoms with Gasteiger partial charge in [0.05, 0.1) is 18.4 Å². The lowest BCUT2D eigenvalue weighted by Crippen LogP contribution is -2.59. The number of amides is 4. The van der Waals surface area contributed by atoms with Crippen LogP contribution in [0, 0.1) is 23.6 Å². The summed E-state index contributed by atoms with van der Waals surface area (Å²) in [6.07, 6.45) is 6.67. The van der Waals surface area contributed by atoms with Crippen LogP contribution in [0.4, 0.5) is 9.18 Å². The Balaban J connectivity index is 1.35. The van der Waals surface area contributed by atoms with Crippen LogP contribution >= 0.6 is 0 Å². The molecule has 1 aromatic heterocycles. The lowest BCUT2D eigenvalue weighted by molar-refractivity contribution is -0.142. The van der Waals surface area contributed by atoms with Gasteiger partial charge in [0.1, 0.15) is 29.3 Å². The smallest absolute Gasteiger partial charge is 0.408 e. The van der Waals surface area contributed by atoms with Gasteiger partial charge in [-0.25, -0.2) is 22.6 Å². The molecule has 55 heavy (non-hydrogen) atoms. The molecule has 300 valence electrons. The minimum Gasteiger partial charge on any atom is -0.491 e. The van der Waals surface area contributed by atoms with Crippen molar-refractivity contribution < 1.29 is 46.2 Å². The summed E-state index contributed by atoms with van der Waals surface area (Å²) in [5, 5.41) is 5.93. The Morgan fingerprint density at radius 2 is 1.87 bits per heavy atom. The number of ether oxygens (including phenoxy) is 3. The fourth-order valence-corrected chi connectivity index (χ4v) is 8.96. The summed E-state index contributed by atoms with van der Waals surface area (Å²) in [5.41, 5.74) is -2.40. The standard InChI is InChI=1S/C39H52FN5O9S/c1-7-52-31-17-24-14-15-41-34(28(24)19-29(31)40)53-26-18-30-33(46)43-39(36(48)44-55(50,51)27-12-13-27)20-25(39)11-9-8-10-22(2)16-23(3)32(35(47)45(30)21-26)42-37(49)54-38(4,5)6/h9,11,14-15,17,19,22-23,25-27,30,32H,7-8,10,12-13,16,18,20-21H2,1-6H3,(H,42,49)(H,43,46)(H,44,48)/b11-9-/t22-,23-,25-,26-,30+,32+,39-/m1/s1. The Morgan fingerprint density at radius 3 is 2.56 bits per heavy atom. The van der Waals surface area contributed by atoms with Gasteiger partial charge in [-0.2, -0.15) is 0 Å². The molecule has 6 rings (SSSR count). The highest BCUT2D eigenvalue weighted by molar-refractivity contribution is 7.91. The Bertz CT molecular complexity index is 1970. The van der Waals surface area contributed by atoms with E-state index in [1.165, 1.54) is 17.2 Å². The number of nitrogens with zero attached hydrogens (tertiary/aromatic N) is 2. The van der Waals surface area contributed by atoms with Gasteiger partial charge in [0.15, 0.2) is 11.6 Å². The highest BCUT2D eigenvalue weighted by Gasteiger charge is 2.62. The molecule has 3 fully saturated rings. The first-order chi connectivity index (χ1) is 25.9. The number of aromatic nitrogens is 1. The van der Waals surface area contributed by atoms with E-state index in [0.29, 0.717) is 36.5 Å². The molecule has 4 amide bonds. The topological polar surface area (TPSA) is 182 Å². The van der Waals surface area contributed by atoms with Crippen LogP contribution in [0.1, 0.15) is 86.5 Å². The Kier molecular flexibility index (Phi) is 11.4. The zero-order valence-electron chi connectivity index (χ0n) is 32.2. The molecule has 7 atom stereocenters. The largest absolute Gasteiger partial charge is 0.491 e. The predicted octanol–water partition coefficient (Wildman–Crippen LogP) is 4.51. The Morgan fingerprint density at radius 1 is 1.13 bits per heavy atom. The average molecular weight is 786 g/mol. The van der Waals surface area contributed by atoms with Crippen molar-refractivity contribution in [2.75, 3.05) is 13.2 Å². The van der Waals surface area contributed by atoms with E-state index in [0.717, 1.165) is 6.42 Å². The van der Waals surface area contributed by atoms with Crippen molar-refractivity contribution in [3.05, 3.63) is 42.4 Å². The lowest BCUT2D eigenvalue weighted by atomic mass is 9.88. The Labute approximate surface area is 321 Å². The molecule has 16 heteroatoms. The maximum Gasteiger partial charge on any atom is 0.408 e. The van der Waals surface area contributed by atoms with Gasteiger partial charge >= 0.3 is 6.09 Å². The van der Waals surface area contributed by atoms with Crippen LogP contribution in [-0.2, 0) is 29.1 Å². The monoisotopic (exact) mass is 785 g/mol. The van der Waals surface area contributed by atoms with Crippen LogP contribution in [-0.4, -0.2) is 89.8 Å². The third-order valence-electron chi connectivity index (χ3n) is 10.6. The van der Waals surface area contributed by atoms with Crippen LogP contribution in [0.5, 0.6) is 11.6 Å². The predicted molar refractivity (Wildman–Crippen MR) is 201 cm³/mol. The number of rotatable bonds is 8. The average Bonchev–Trinajstić information content (AvgIpc) is 4.02. The number of halogens is 1. The van der Waals surface area contributed by atoms with Gasteiger partial charge in [-0.3, -0.25) is 19.1 Å². The van der Waals surface area contributed by atoms with E-state index in [9.17, 15) is 27.6 Å². The molecule has 1 saturated heterocycles. The maximum atomic E-state index is 15.0. The molecule has 0 radical (unpaired) electrons. The first-order valence-corrected chi connectivity index (χ1v) is 20.7. The molecule has 3 N–H and O–H groups in total. The third-order valence-corrected chi connectivity index (χ3v) is 12.5. The van der Waals surface area contributed by atoms with E-state index in [1.807, 2.05) is 19.1 Å². The molecule has 2 aliphatic carbocycles. The van der Waals surface area contributed by atoms with Crippen LogP contribution < -0.4 is 24.8 Å². The first kappa shape index (κ1) is 40.2. The number of hydrogen-bond acceptors (Lipinski definition) is 10. The van der Waals surface area contributed by atoms with Gasteiger partial charge in [-0.15, -0.1) is 0 Å². The van der Waals surface area contributed by atoms with Crippen molar-refractivity contribution in [1.82, 2.24) is 25.2 Å². The third kappa shape index (κ3) is 9.16. The number of allylic oxidation sites excluding steroid dienone is 1. The number of alkyl carbamates (subject to hydrolysis) is 1. The van der Waals surface area contributed by atoms with Crippen molar-refractivity contribution in [3.8, 4) is 11.6 Å². The van der Waals surface area contributed by atoms with Gasteiger partial charge in [0, 0.05) is 23.9 Å². The first-order valence-electron chi connectivity index (χ1n) is 19.1. The SMILES string of the molecule is CCOc1cc2ccnc(O[C@@H]3C[C@H]4C(=O)N[C@]5(C(=O)NS(=O)(=O)C6CC6)C[C@H]5/C=C\CC[C@@H](C)C[C@@H](C)[C@H](NC(=O)OC(C)(C)C)C(=O)N4C3)c2cc1F. The van der Waals surface area contributed by atoms with Crippen LogP contribution in [0.2, 0.25) is 0 Å². The zero-order chi connectivity index (χ0) is 39.9. The summed E-state index contributed by atoms with van der Waals surface area (Å²) in [6.45, 7) is 11.0. The van der Waals surface area contributed by atoms with E-state index in [-0.39, 0.29) is 49.5 Å². The van der Waals surface area contributed by atoms with E-state index < -0.39 is 80.2 Å². The number of sulfonamides is 1. The number of benzene rings is 1. The molecule has 4 aliphatic rings. The number of nitrogens with one attached hydrogen (secondary N) is 3. The van der Waals surface area contributed by atoms with Gasteiger partial charge in [-0.1, -0.05) is 26.0 Å². The molecule has 0 bridgehead atoms. The van der Waals surface area contributed by atoms with Gasteiger partial charge in [0.2, 0.25) is 27.7 Å². The van der Waals surface area contributed by atoms with E-state index in [2.05, 4.69) is 27.3 Å². The minimum atomic E-state index is -3.93. The second-order valence-electron chi connectivity index (χ2n) is 16.4. The van der Waals surface area contributed by atoms with E-state index in [4.69, 9.17) is 14.2 Å². The number of pyridine rings is 1. The van der Waals surface area contributed by atoms with Crippen LogP contribution in [0.15, 0.2) is 36.5 Å². The second kappa shape index (κ2) is 15.6. The summed E-state index contributed by atoms with van der Waals surface area (Å²) < 4.78 is 60.3. The van der Waals surface area contributed by atoms with Crippen molar-refractivity contribution in [3.63, 3.8) is 0 Å². The molecule has 14 nitrogen and oxygen atoms in total. The number of carbonyl (C=O) groups is 4. The molecular formula is C39H52FN5O9S. The summed E-state index contributed by atoms with van der Waals surface area (Å²) in [5.74, 6) is -3.24. The van der Waals surface area contributed by atoms with Crippen LogP contribution in [0.3, 0.4) is 0 Å². The molecule has 2 aromatic rings. The highest BCUT2D eigenvalue weighted by Crippen LogP contribution is 2.46. The Hall–Kier alpha value is -4.47. The summed E-state index contributed by atoms with van der Waals surface area (Å²) in [7, 11) is -3.93. The normalized spacial score (nSPS) is 29.5. The minimum absolute atomic E-state index is 0.0440. The molecule has 3 heterocycles. The molecule has 2 saturated carbocycles. The number of carbonyl (C=O) groups excluding carboxylic acids is 4. The summed E-state index contributed by atoms with van der Waals surface area (Å²) in [6, 6.07) is 2.20. The lowest BCUT2D eigenvalue weighted by Gasteiger charge is -2.33. The molecule has 1 aromatic carbocycles. The quantitative estimate of drug-likeness (QED) is 0.322. The molecular weight excluding hydrogens is 734 g/mol. The van der Waals surface area contributed by atoms with Crippen molar-refractivity contribution in [2.24, 2.45) is 17.8 Å². The summed E-state index contributed by atoms with van der Waals surface area (Å²) in [4.78, 5) is 61.8. The van der Waals surface area contributed by atoms with E-state index >= 15 is 4.39 Å². The second-order valence-corrected chi connectivity index (χ2v) is 18.4. The molecule has 0 unspecified atom stereocenters. The van der Waals surface area contributed by atoms with Crippen molar-refractivity contribution >= 4 is 44.6 Å². The zero-order valence-corrected chi connectivity index (χ0v) is 33.0. The summed E-state index contributed by atoms with van der Waals surface area (Å²) >= 11 is 0. The number of fused-ring (bicyclic) bond motifs is 3. The van der Waals surface area contributed by atoms with Gasteiger partial charge in [0.25, 0.3) is 5.91 Å². The fourth-order valence-electron chi connectivity index (χ4n) is 7.60. The van der Waals surface area contributed by atoms with E-state index in [1.54, 1.807) is 39.8 Å². The van der Waals surface area contributed by atoms with Crippen LogP contribution in [0.25, 0.3) is 10.8 Å². The number of hydrogen-bond donors (Lipinski definition) is 3.